The van der Waals surface area contributed by atoms with Crippen LogP contribution in [0.25, 0.3) is 0 Å². The molecule has 1 saturated carbocycles. The van der Waals surface area contributed by atoms with E-state index in [9.17, 15) is 9.59 Å². The zero-order valence-corrected chi connectivity index (χ0v) is 15.1. The number of carbonyl (C=O) groups excluding carboxylic acids is 2. The molecule has 1 atom stereocenters. The van der Waals surface area contributed by atoms with E-state index in [2.05, 4.69) is 0 Å². The highest BCUT2D eigenvalue weighted by molar-refractivity contribution is 5.83. The van der Waals surface area contributed by atoms with Crippen molar-refractivity contribution < 1.29 is 19.1 Å². The number of esters is 2. The molecule has 0 spiro atoms. The highest BCUT2D eigenvalue weighted by Crippen LogP contribution is 2.31. The van der Waals surface area contributed by atoms with Crippen LogP contribution in [0.5, 0.6) is 0 Å². The fraction of sp³-hybridized carbons (Fsp3) is 0.684. The number of carbonyl (C=O) groups is 2. The zero-order valence-electron chi connectivity index (χ0n) is 15.1. The standard InChI is InChI=1S/C19H30O4/c1-6-15-12-11-14(13-17(20)23-19(3,4)5)9-8-10-16(15)18(21)22-7-2/h6,13,16H,7-12H2,1-5H3. The highest BCUT2D eigenvalue weighted by Gasteiger charge is 2.25. The summed E-state index contributed by atoms with van der Waals surface area (Å²) in [7, 11) is 0. The van der Waals surface area contributed by atoms with Gasteiger partial charge in [-0.1, -0.05) is 17.2 Å². The van der Waals surface area contributed by atoms with E-state index in [0.717, 1.165) is 43.3 Å². The van der Waals surface area contributed by atoms with Gasteiger partial charge in [0.25, 0.3) is 0 Å². The first-order valence-corrected chi connectivity index (χ1v) is 8.51. The predicted molar refractivity (Wildman–Crippen MR) is 90.9 cm³/mol. The van der Waals surface area contributed by atoms with Crippen LogP contribution in [0.2, 0.25) is 0 Å². The molecule has 23 heavy (non-hydrogen) atoms. The summed E-state index contributed by atoms with van der Waals surface area (Å²) < 4.78 is 10.5. The molecular weight excluding hydrogens is 292 g/mol. The van der Waals surface area contributed by atoms with Crippen molar-refractivity contribution in [2.45, 2.75) is 72.3 Å². The van der Waals surface area contributed by atoms with E-state index in [4.69, 9.17) is 9.47 Å². The lowest BCUT2D eigenvalue weighted by Crippen LogP contribution is -2.23. The molecule has 1 rings (SSSR count). The van der Waals surface area contributed by atoms with Gasteiger partial charge in [-0.3, -0.25) is 4.79 Å². The van der Waals surface area contributed by atoms with E-state index in [0.29, 0.717) is 6.61 Å². The van der Waals surface area contributed by atoms with Crippen LogP contribution in [0.15, 0.2) is 23.3 Å². The molecule has 0 aromatic rings. The molecule has 0 saturated heterocycles. The zero-order chi connectivity index (χ0) is 17.5. The van der Waals surface area contributed by atoms with E-state index >= 15 is 0 Å². The lowest BCUT2D eigenvalue weighted by Gasteiger charge is -2.23. The quantitative estimate of drug-likeness (QED) is 0.440. The van der Waals surface area contributed by atoms with Crippen LogP contribution in [0.3, 0.4) is 0 Å². The third kappa shape index (κ3) is 7.02. The van der Waals surface area contributed by atoms with Crippen molar-refractivity contribution in [2.75, 3.05) is 6.61 Å². The molecule has 0 radical (unpaired) electrons. The average Bonchev–Trinajstić information content (AvgIpc) is 2.40. The Bertz CT molecular complexity index is 480. The Morgan fingerprint density at radius 1 is 1.22 bits per heavy atom. The summed E-state index contributed by atoms with van der Waals surface area (Å²) in [6.07, 6.45) is 7.68. The SMILES string of the molecule is CC=C1CCC(=CC(=O)OC(C)(C)C)CCCC1C(=O)OCC. The van der Waals surface area contributed by atoms with Gasteiger partial charge in [-0.25, -0.2) is 4.79 Å². The second-order valence-corrected chi connectivity index (χ2v) is 6.90. The predicted octanol–water partition coefficient (Wildman–Crippen LogP) is 4.34. The summed E-state index contributed by atoms with van der Waals surface area (Å²) in [4.78, 5) is 24.0. The lowest BCUT2D eigenvalue weighted by molar-refractivity contribution is -0.149. The van der Waals surface area contributed by atoms with Gasteiger partial charge >= 0.3 is 11.9 Å². The van der Waals surface area contributed by atoms with E-state index in [1.54, 1.807) is 6.08 Å². The number of allylic oxidation sites excluding steroid dienone is 2. The molecule has 0 aliphatic heterocycles. The molecule has 0 bridgehead atoms. The lowest BCUT2D eigenvalue weighted by atomic mass is 9.84. The number of hydrogen-bond donors (Lipinski definition) is 0. The molecule has 4 heteroatoms. The van der Waals surface area contributed by atoms with Crippen molar-refractivity contribution in [3.8, 4) is 0 Å². The number of rotatable bonds is 3. The smallest absolute Gasteiger partial charge is 0.331 e. The Kier molecular flexibility index (Phi) is 7.53. The van der Waals surface area contributed by atoms with Gasteiger partial charge in [-0.2, -0.15) is 0 Å². The van der Waals surface area contributed by atoms with Crippen molar-refractivity contribution in [1.29, 1.82) is 0 Å². The Hall–Kier alpha value is -1.58. The van der Waals surface area contributed by atoms with Gasteiger partial charge in [-0.15, -0.1) is 0 Å². The maximum atomic E-state index is 12.1. The molecular formula is C19H30O4. The van der Waals surface area contributed by atoms with Crippen molar-refractivity contribution in [1.82, 2.24) is 0 Å². The average molecular weight is 322 g/mol. The van der Waals surface area contributed by atoms with Gasteiger partial charge in [0, 0.05) is 6.08 Å². The third-order valence-electron chi connectivity index (χ3n) is 3.84. The Balaban J connectivity index is 2.75. The Morgan fingerprint density at radius 3 is 2.48 bits per heavy atom. The summed E-state index contributed by atoms with van der Waals surface area (Å²) in [6, 6.07) is 0. The van der Waals surface area contributed by atoms with Crippen LogP contribution in [-0.2, 0) is 19.1 Å². The molecule has 1 aliphatic carbocycles. The van der Waals surface area contributed by atoms with E-state index in [1.807, 2.05) is 40.7 Å². The summed E-state index contributed by atoms with van der Waals surface area (Å²) in [6.45, 7) is 9.80. The van der Waals surface area contributed by atoms with Gasteiger partial charge in [-0.05, 0) is 66.7 Å². The molecule has 0 amide bonds. The minimum atomic E-state index is -0.473. The summed E-state index contributed by atoms with van der Waals surface area (Å²) in [5.41, 5.74) is 1.73. The van der Waals surface area contributed by atoms with Crippen LogP contribution in [0.4, 0.5) is 0 Å². The number of ether oxygens (including phenoxy) is 2. The highest BCUT2D eigenvalue weighted by atomic mass is 16.6. The first-order chi connectivity index (χ1) is 10.8. The van der Waals surface area contributed by atoms with Crippen LogP contribution < -0.4 is 0 Å². The van der Waals surface area contributed by atoms with E-state index in [-0.39, 0.29) is 17.9 Å². The minimum absolute atomic E-state index is 0.125. The summed E-state index contributed by atoms with van der Waals surface area (Å²) in [5, 5.41) is 0. The molecule has 0 N–H and O–H groups in total. The Labute approximate surface area is 139 Å². The molecule has 1 fully saturated rings. The first kappa shape index (κ1) is 19.5. The minimum Gasteiger partial charge on any atom is -0.466 e. The molecule has 0 aromatic heterocycles. The molecule has 130 valence electrons. The topological polar surface area (TPSA) is 52.6 Å². The fourth-order valence-electron chi connectivity index (χ4n) is 2.82. The van der Waals surface area contributed by atoms with Gasteiger partial charge < -0.3 is 9.47 Å². The van der Waals surface area contributed by atoms with Crippen LogP contribution in [0.1, 0.15) is 66.7 Å². The molecule has 4 nitrogen and oxygen atoms in total. The second kappa shape index (κ2) is 8.90. The largest absolute Gasteiger partial charge is 0.466 e. The molecule has 1 unspecified atom stereocenters. The normalized spacial score (nSPS) is 23.3. The van der Waals surface area contributed by atoms with Crippen molar-refractivity contribution in [3.63, 3.8) is 0 Å². The fourth-order valence-corrected chi connectivity index (χ4v) is 2.82. The van der Waals surface area contributed by atoms with Gasteiger partial charge in [0.1, 0.15) is 5.60 Å². The monoisotopic (exact) mass is 322 g/mol. The van der Waals surface area contributed by atoms with E-state index in [1.165, 1.54) is 0 Å². The second-order valence-electron chi connectivity index (χ2n) is 6.90. The van der Waals surface area contributed by atoms with Crippen LogP contribution in [-0.4, -0.2) is 24.1 Å². The summed E-state index contributed by atoms with van der Waals surface area (Å²) in [5.74, 6) is -0.541. The van der Waals surface area contributed by atoms with Gasteiger partial charge in [0.05, 0.1) is 12.5 Å². The first-order valence-electron chi connectivity index (χ1n) is 8.51. The third-order valence-corrected chi connectivity index (χ3v) is 3.84. The number of hydrogen-bond acceptors (Lipinski definition) is 4. The van der Waals surface area contributed by atoms with E-state index < -0.39 is 5.60 Å². The van der Waals surface area contributed by atoms with Gasteiger partial charge in [0.15, 0.2) is 0 Å². The van der Waals surface area contributed by atoms with Crippen LogP contribution >= 0.6 is 0 Å². The molecule has 0 aromatic carbocycles. The summed E-state index contributed by atoms with van der Waals surface area (Å²) >= 11 is 0. The Morgan fingerprint density at radius 2 is 1.91 bits per heavy atom. The van der Waals surface area contributed by atoms with Gasteiger partial charge in [0.2, 0.25) is 0 Å². The maximum Gasteiger partial charge on any atom is 0.331 e. The maximum absolute atomic E-state index is 12.1. The molecule has 1 aliphatic rings. The van der Waals surface area contributed by atoms with Crippen molar-refractivity contribution in [3.05, 3.63) is 23.3 Å². The van der Waals surface area contributed by atoms with Crippen LogP contribution in [0, 0.1) is 5.92 Å². The van der Waals surface area contributed by atoms with Crippen molar-refractivity contribution in [2.24, 2.45) is 5.92 Å². The molecule has 0 heterocycles. The van der Waals surface area contributed by atoms with Crippen molar-refractivity contribution >= 4 is 11.9 Å².